The van der Waals surface area contributed by atoms with Crippen LogP contribution in [0.5, 0.6) is 5.88 Å². The second-order valence-electron chi connectivity index (χ2n) is 4.52. The monoisotopic (exact) mass is 299 g/mol. The molecule has 0 unspecified atom stereocenters. The van der Waals surface area contributed by atoms with Gasteiger partial charge in [-0.1, -0.05) is 24.3 Å². The fourth-order valence-corrected chi connectivity index (χ4v) is 2.78. The second kappa shape index (κ2) is 5.93. The summed E-state index contributed by atoms with van der Waals surface area (Å²) in [7, 11) is 0. The average Bonchev–Trinajstić information content (AvgIpc) is 3.00. The number of thiophene rings is 1. The summed E-state index contributed by atoms with van der Waals surface area (Å²) in [5.41, 5.74) is -0.000163. The first-order valence-electron chi connectivity index (χ1n) is 6.52. The van der Waals surface area contributed by atoms with Crippen LogP contribution in [0.15, 0.2) is 47.8 Å². The number of carbonyl (C=O) groups is 1. The third-order valence-corrected chi connectivity index (χ3v) is 4.03. The van der Waals surface area contributed by atoms with Crippen molar-refractivity contribution in [1.29, 1.82) is 0 Å². The molecule has 0 amide bonds. The number of carboxylic acids is 1. The summed E-state index contributed by atoms with van der Waals surface area (Å²) in [5, 5.41) is 12.8. The molecule has 0 fully saturated rings. The quantitative estimate of drug-likeness (QED) is 0.781. The van der Waals surface area contributed by atoms with Crippen LogP contribution in [0.1, 0.15) is 15.4 Å². The number of hydrogen-bond donors (Lipinski definition) is 1. The van der Waals surface area contributed by atoms with E-state index in [0.29, 0.717) is 12.5 Å². The van der Waals surface area contributed by atoms with Gasteiger partial charge in [0.25, 0.3) is 0 Å². The summed E-state index contributed by atoms with van der Waals surface area (Å²) in [6, 6.07) is 13.1. The summed E-state index contributed by atoms with van der Waals surface area (Å²) in [5.74, 6) is -0.675. The van der Waals surface area contributed by atoms with Crippen molar-refractivity contribution in [1.82, 2.24) is 4.98 Å². The van der Waals surface area contributed by atoms with Gasteiger partial charge in [-0.25, -0.2) is 9.78 Å². The molecule has 0 aliphatic carbocycles. The van der Waals surface area contributed by atoms with Gasteiger partial charge >= 0.3 is 5.97 Å². The van der Waals surface area contributed by atoms with Crippen LogP contribution in [0.3, 0.4) is 0 Å². The zero-order valence-electron chi connectivity index (χ0n) is 11.2. The predicted octanol–water partition coefficient (Wildman–Crippen LogP) is 3.62. The van der Waals surface area contributed by atoms with Crippen LogP contribution in [0, 0.1) is 0 Å². The van der Waals surface area contributed by atoms with E-state index in [9.17, 15) is 4.79 Å². The molecule has 4 nitrogen and oxygen atoms in total. The molecule has 0 aliphatic heterocycles. The lowest BCUT2D eigenvalue weighted by Gasteiger charge is -2.09. The van der Waals surface area contributed by atoms with E-state index in [1.165, 1.54) is 4.88 Å². The van der Waals surface area contributed by atoms with Crippen molar-refractivity contribution in [3.63, 3.8) is 0 Å². The highest BCUT2D eigenvalue weighted by atomic mass is 32.1. The number of rotatable bonds is 5. The first-order chi connectivity index (χ1) is 10.2. The summed E-state index contributed by atoms with van der Waals surface area (Å²) >= 11 is 1.68. The van der Waals surface area contributed by atoms with Crippen molar-refractivity contribution in [2.75, 3.05) is 6.61 Å². The van der Waals surface area contributed by atoms with Gasteiger partial charge < -0.3 is 9.84 Å². The topological polar surface area (TPSA) is 59.4 Å². The third-order valence-electron chi connectivity index (χ3n) is 3.09. The molecule has 1 aromatic carbocycles. The van der Waals surface area contributed by atoms with Crippen molar-refractivity contribution in [2.45, 2.75) is 6.42 Å². The van der Waals surface area contributed by atoms with Crippen molar-refractivity contribution in [2.24, 2.45) is 0 Å². The number of pyridine rings is 1. The van der Waals surface area contributed by atoms with Gasteiger partial charge in [0.05, 0.1) is 6.61 Å². The summed E-state index contributed by atoms with van der Waals surface area (Å²) in [6.45, 7) is 0.473. The van der Waals surface area contributed by atoms with Crippen LogP contribution in [0.2, 0.25) is 0 Å². The zero-order valence-corrected chi connectivity index (χ0v) is 12.0. The molecule has 2 heterocycles. The molecule has 0 saturated carbocycles. The lowest BCUT2D eigenvalue weighted by molar-refractivity contribution is 0.0689. The Kier molecular flexibility index (Phi) is 3.83. The Morgan fingerprint density at radius 1 is 1.24 bits per heavy atom. The maximum Gasteiger partial charge on any atom is 0.354 e. The van der Waals surface area contributed by atoms with E-state index in [-0.39, 0.29) is 5.69 Å². The molecule has 0 radical (unpaired) electrons. The van der Waals surface area contributed by atoms with E-state index in [1.807, 2.05) is 41.8 Å². The molecule has 1 N–H and O–H groups in total. The van der Waals surface area contributed by atoms with Gasteiger partial charge in [0.15, 0.2) is 5.69 Å². The molecule has 2 aromatic heterocycles. The molecular formula is C16H13NO3S. The number of aromatic carboxylic acids is 1. The highest BCUT2D eigenvalue weighted by molar-refractivity contribution is 7.09. The minimum Gasteiger partial charge on any atom is -0.477 e. The molecular weight excluding hydrogens is 286 g/mol. The van der Waals surface area contributed by atoms with Gasteiger partial charge in [-0.2, -0.15) is 0 Å². The van der Waals surface area contributed by atoms with Crippen LogP contribution in [-0.2, 0) is 6.42 Å². The second-order valence-corrected chi connectivity index (χ2v) is 5.55. The van der Waals surface area contributed by atoms with E-state index >= 15 is 0 Å². The molecule has 0 spiro atoms. The summed E-state index contributed by atoms with van der Waals surface area (Å²) in [6.07, 6.45) is 0.783. The molecule has 0 bridgehead atoms. The maximum absolute atomic E-state index is 11.1. The highest BCUT2D eigenvalue weighted by Crippen LogP contribution is 2.24. The number of aromatic nitrogens is 1. The fraction of sp³-hybridized carbons (Fsp3) is 0.125. The van der Waals surface area contributed by atoms with Crippen LogP contribution in [-0.4, -0.2) is 22.7 Å². The third kappa shape index (κ3) is 3.03. The van der Waals surface area contributed by atoms with Gasteiger partial charge in [0.1, 0.15) is 0 Å². The van der Waals surface area contributed by atoms with Crippen LogP contribution in [0.4, 0.5) is 0 Å². The molecule has 5 heteroatoms. The first-order valence-corrected chi connectivity index (χ1v) is 7.40. The Labute approximate surface area is 125 Å². The lowest BCUT2D eigenvalue weighted by atomic mass is 10.1. The summed E-state index contributed by atoms with van der Waals surface area (Å²) < 4.78 is 5.72. The number of hydrogen-bond acceptors (Lipinski definition) is 4. The van der Waals surface area contributed by atoms with Crippen LogP contribution >= 0.6 is 11.3 Å². The molecule has 106 valence electrons. The minimum absolute atomic E-state index is 0.000163. The van der Waals surface area contributed by atoms with E-state index in [0.717, 1.165) is 17.2 Å². The minimum atomic E-state index is -1.05. The normalized spacial score (nSPS) is 10.7. The Hall–Kier alpha value is -2.40. The van der Waals surface area contributed by atoms with E-state index in [1.54, 1.807) is 17.4 Å². The zero-order chi connectivity index (χ0) is 14.7. The molecule has 0 saturated heterocycles. The highest BCUT2D eigenvalue weighted by Gasteiger charge is 2.11. The largest absolute Gasteiger partial charge is 0.477 e. The van der Waals surface area contributed by atoms with Crippen LogP contribution in [0.25, 0.3) is 10.8 Å². The lowest BCUT2D eigenvalue weighted by Crippen LogP contribution is -2.06. The van der Waals surface area contributed by atoms with Crippen LogP contribution < -0.4 is 4.74 Å². The number of ether oxygens (including phenoxy) is 1. The maximum atomic E-state index is 11.1. The van der Waals surface area contributed by atoms with Gasteiger partial charge in [-0.15, -0.1) is 11.3 Å². The van der Waals surface area contributed by atoms with Gasteiger partial charge in [-0.3, -0.25) is 0 Å². The Balaban J connectivity index is 1.87. The number of fused-ring (bicyclic) bond motifs is 1. The molecule has 3 aromatic rings. The van der Waals surface area contributed by atoms with Crippen molar-refractivity contribution < 1.29 is 14.6 Å². The molecule has 0 aliphatic rings. The standard InChI is InChI=1S/C16H13NO3S/c18-16(19)14-10-11-4-1-2-6-13(11)15(17-14)20-8-7-12-5-3-9-21-12/h1-6,9-10H,7-8H2,(H,18,19). The Morgan fingerprint density at radius 3 is 2.86 bits per heavy atom. The summed E-state index contributed by atoms with van der Waals surface area (Å²) in [4.78, 5) is 16.5. The Bertz CT molecular complexity index is 768. The number of benzene rings is 1. The van der Waals surface area contributed by atoms with Crippen molar-refractivity contribution in [3.05, 3.63) is 58.4 Å². The van der Waals surface area contributed by atoms with Gasteiger partial charge in [0, 0.05) is 16.7 Å². The van der Waals surface area contributed by atoms with Crippen molar-refractivity contribution >= 4 is 28.1 Å². The van der Waals surface area contributed by atoms with E-state index in [4.69, 9.17) is 9.84 Å². The van der Waals surface area contributed by atoms with Gasteiger partial charge in [0.2, 0.25) is 5.88 Å². The van der Waals surface area contributed by atoms with E-state index < -0.39 is 5.97 Å². The van der Waals surface area contributed by atoms with Crippen molar-refractivity contribution in [3.8, 4) is 5.88 Å². The SMILES string of the molecule is O=C(O)c1cc2ccccc2c(OCCc2cccs2)n1. The molecule has 0 atom stereocenters. The number of carboxylic acid groups (broad SMARTS) is 1. The molecule has 21 heavy (non-hydrogen) atoms. The first kappa shape index (κ1) is 13.6. The Morgan fingerprint density at radius 2 is 2.10 bits per heavy atom. The predicted molar refractivity (Wildman–Crippen MR) is 82.2 cm³/mol. The number of nitrogens with zero attached hydrogens (tertiary/aromatic N) is 1. The fourth-order valence-electron chi connectivity index (χ4n) is 2.09. The molecule has 3 rings (SSSR count). The average molecular weight is 299 g/mol. The van der Waals surface area contributed by atoms with Gasteiger partial charge in [-0.05, 0) is 29.0 Å². The van der Waals surface area contributed by atoms with E-state index in [2.05, 4.69) is 4.98 Å². The smallest absolute Gasteiger partial charge is 0.354 e.